The van der Waals surface area contributed by atoms with E-state index >= 15 is 0 Å². The standard InChI is InChI=1S/C5H12N2O2.C5H9NO3/c6-3-1-2-4(7)5(8)9;7-5(8)4-2-1-3-6(4)9/h4H,1-3,6-7H2,(H,8,9);4,9H,1-3H2,(H,7,8). The molecule has 0 aromatic carbocycles. The van der Waals surface area contributed by atoms with Crippen LogP contribution in [0.4, 0.5) is 0 Å². The molecule has 0 spiro atoms. The molecule has 1 fully saturated rings. The predicted octanol–water partition coefficient (Wildman–Crippen LogP) is -0.938. The second-order valence-corrected chi connectivity index (χ2v) is 4.03. The second-order valence-electron chi connectivity index (χ2n) is 4.03. The molecule has 0 aliphatic carbocycles. The smallest absolute Gasteiger partial charge is 0.323 e. The molecule has 8 heteroatoms. The Balaban J connectivity index is 0.000000321. The number of nitrogens with two attached hydrogens (primary N) is 2. The Bertz CT molecular complexity index is 274. The maximum Gasteiger partial charge on any atom is 0.323 e. The van der Waals surface area contributed by atoms with Crippen LogP contribution in [-0.4, -0.2) is 57.6 Å². The van der Waals surface area contributed by atoms with Crippen LogP contribution in [-0.2, 0) is 9.59 Å². The lowest BCUT2D eigenvalue weighted by molar-refractivity contribution is -0.161. The van der Waals surface area contributed by atoms with Gasteiger partial charge in [-0.15, -0.1) is 0 Å². The lowest BCUT2D eigenvalue weighted by atomic mass is 10.2. The van der Waals surface area contributed by atoms with Crippen molar-refractivity contribution in [1.82, 2.24) is 5.06 Å². The summed E-state index contributed by atoms with van der Waals surface area (Å²) in [4.78, 5) is 20.2. The Morgan fingerprint density at radius 3 is 2.28 bits per heavy atom. The van der Waals surface area contributed by atoms with Gasteiger partial charge in [0.25, 0.3) is 0 Å². The van der Waals surface area contributed by atoms with Gasteiger partial charge in [-0.1, -0.05) is 0 Å². The van der Waals surface area contributed by atoms with Crippen molar-refractivity contribution in [3.05, 3.63) is 0 Å². The number of carboxylic acid groups (broad SMARTS) is 2. The number of nitrogens with zero attached hydrogens (tertiary/aromatic N) is 1. The van der Waals surface area contributed by atoms with Gasteiger partial charge in [-0.2, -0.15) is 5.06 Å². The molecule has 0 bridgehead atoms. The molecule has 7 N–H and O–H groups in total. The van der Waals surface area contributed by atoms with Gasteiger partial charge in [0.1, 0.15) is 12.1 Å². The molecule has 1 saturated heterocycles. The van der Waals surface area contributed by atoms with E-state index in [1.165, 1.54) is 0 Å². The van der Waals surface area contributed by atoms with Gasteiger partial charge in [0.05, 0.1) is 0 Å². The number of hydroxylamine groups is 2. The largest absolute Gasteiger partial charge is 0.480 e. The number of hydrogen-bond donors (Lipinski definition) is 5. The van der Waals surface area contributed by atoms with Crippen LogP contribution in [0.25, 0.3) is 0 Å². The molecule has 1 heterocycles. The quantitative estimate of drug-likeness (QED) is 0.426. The first-order valence-corrected chi connectivity index (χ1v) is 5.77. The van der Waals surface area contributed by atoms with Crippen LogP contribution < -0.4 is 11.5 Å². The van der Waals surface area contributed by atoms with Gasteiger partial charge in [0, 0.05) is 6.54 Å². The van der Waals surface area contributed by atoms with Crippen LogP contribution >= 0.6 is 0 Å². The fourth-order valence-electron chi connectivity index (χ4n) is 1.46. The third-order valence-corrected chi connectivity index (χ3v) is 2.55. The average molecular weight is 263 g/mol. The van der Waals surface area contributed by atoms with Gasteiger partial charge >= 0.3 is 11.9 Å². The van der Waals surface area contributed by atoms with Gasteiger partial charge in [0.15, 0.2) is 0 Å². The Kier molecular flexibility index (Phi) is 8.21. The Morgan fingerprint density at radius 1 is 1.39 bits per heavy atom. The van der Waals surface area contributed by atoms with Gasteiger partial charge in [-0.25, -0.2) is 0 Å². The maximum atomic E-state index is 10.2. The van der Waals surface area contributed by atoms with Crippen LogP contribution in [0, 0.1) is 0 Å². The normalized spacial score (nSPS) is 20.9. The van der Waals surface area contributed by atoms with Crippen LogP contribution in [0.3, 0.4) is 0 Å². The monoisotopic (exact) mass is 263 g/mol. The molecule has 0 aromatic heterocycles. The molecule has 106 valence electrons. The summed E-state index contributed by atoms with van der Waals surface area (Å²) < 4.78 is 0. The molecule has 0 saturated carbocycles. The van der Waals surface area contributed by atoms with E-state index in [2.05, 4.69) is 0 Å². The lowest BCUT2D eigenvalue weighted by Crippen LogP contribution is -2.32. The zero-order valence-corrected chi connectivity index (χ0v) is 10.2. The van der Waals surface area contributed by atoms with Gasteiger partial charge < -0.3 is 26.9 Å². The first kappa shape index (κ1) is 16.8. The first-order chi connectivity index (χ1) is 8.40. The molecule has 2 atom stereocenters. The van der Waals surface area contributed by atoms with E-state index in [0.29, 0.717) is 32.4 Å². The number of aliphatic carboxylic acids is 2. The molecular formula is C10H21N3O5. The summed E-state index contributed by atoms with van der Waals surface area (Å²) >= 11 is 0. The van der Waals surface area contributed by atoms with Crippen molar-refractivity contribution >= 4 is 11.9 Å². The van der Waals surface area contributed by atoms with Gasteiger partial charge in [-0.3, -0.25) is 9.59 Å². The average Bonchev–Trinajstić information content (AvgIpc) is 2.73. The maximum absolute atomic E-state index is 10.2. The molecule has 2 unspecified atom stereocenters. The fraction of sp³-hybridized carbons (Fsp3) is 0.800. The van der Waals surface area contributed by atoms with Crippen LogP contribution in [0.15, 0.2) is 0 Å². The second kappa shape index (κ2) is 8.81. The molecule has 18 heavy (non-hydrogen) atoms. The minimum atomic E-state index is -0.955. The third kappa shape index (κ3) is 6.50. The SMILES string of the molecule is NCCCC(N)C(=O)O.O=C(O)C1CCCN1O. The summed E-state index contributed by atoms with van der Waals surface area (Å²) in [5.41, 5.74) is 10.3. The Morgan fingerprint density at radius 2 is 2.00 bits per heavy atom. The van der Waals surface area contributed by atoms with E-state index in [1.807, 2.05) is 0 Å². The van der Waals surface area contributed by atoms with Crippen LogP contribution in [0.1, 0.15) is 25.7 Å². The van der Waals surface area contributed by atoms with E-state index in [1.54, 1.807) is 0 Å². The minimum Gasteiger partial charge on any atom is -0.480 e. The summed E-state index contributed by atoms with van der Waals surface area (Å²) in [6.07, 6.45) is 2.47. The van der Waals surface area contributed by atoms with Crippen molar-refractivity contribution in [1.29, 1.82) is 0 Å². The van der Waals surface area contributed by atoms with E-state index in [9.17, 15) is 9.59 Å². The topological polar surface area (TPSA) is 150 Å². The van der Waals surface area contributed by atoms with Crippen LogP contribution in [0.2, 0.25) is 0 Å². The summed E-state index contributed by atoms with van der Waals surface area (Å²) in [6, 6.07) is -1.40. The summed E-state index contributed by atoms with van der Waals surface area (Å²) in [7, 11) is 0. The van der Waals surface area contributed by atoms with E-state index < -0.39 is 24.0 Å². The number of carboxylic acids is 2. The van der Waals surface area contributed by atoms with E-state index in [-0.39, 0.29) is 0 Å². The van der Waals surface area contributed by atoms with Crippen molar-refractivity contribution in [3.8, 4) is 0 Å². The van der Waals surface area contributed by atoms with Crippen LogP contribution in [0.5, 0.6) is 0 Å². The molecule has 1 rings (SSSR count). The number of hydrogen-bond acceptors (Lipinski definition) is 6. The van der Waals surface area contributed by atoms with Crippen molar-refractivity contribution in [2.75, 3.05) is 13.1 Å². The highest BCUT2D eigenvalue weighted by Crippen LogP contribution is 2.13. The summed E-state index contributed by atoms with van der Waals surface area (Å²) in [5, 5.41) is 26.3. The third-order valence-electron chi connectivity index (χ3n) is 2.55. The molecule has 8 nitrogen and oxygen atoms in total. The van der Waals surface area contributed by atoms with Crippen molar-refractivity contribution in [2.45, 2.75) is 37.8 Å². The molecule has 1 aliphatic rings. The predicted molar refractivity (Wildman–Crippen MR) is 63.0 cm³/mol. The lowest BCUT2D eigenvalue weighted by Gasteiger charge is -2.11. The van der Waals surface area contributed by atoms with Crippen molar-refractivity contribution < 1.29 is 25.0 Å². The zero-order valence-electron chi connectivity index (χ0n) is 10.2. The Hall–Kier alpha value is -1.22. The number of rotatable bonds is 5. The summed E-state index contributed by atoms with van der Waals surface area (Å²) in [6.45, 7) is 0.984. The van der Waals surface area contributed by atoms with Gasteiger partial charge in [0.2, 0.25) is 0 Å². The highest BCUT2D eigenvalue weighted by Gasteiger charge is 2.28. The molecule has 0 aromatic rings. The highest BCUT2D eigenvalue weighted by atomic mass is 16.5. The van der Waals surface area contributed by atoms with E-state index in [4.69, 9.17) is 26.9 Å². The number of carbonyl (C=O) groups is 2. The van der Waals surface area contributed by atoms with E-state index in [0.717, 1.165) is 11.5 Å². The fourth-order valence-corrected chi connectivity index (χ4v) is 1.46. The van der Waals surface area contributed by atoms with Crippen molar-refractivity contribution in [3.63, 3.8) is 0 Å². The highest BCUT2D eigenvalue weighted by molar-refractivity contribution is 5.73. The first-order valence-electron chi connectivity index (χ1n) is 5.77. The minimum absolute atomic E-state index is 0.464. The van der Waals surface area contributed by atoms with Gasteiger partial charge in [-0.05, 0) is 32.2 Å². The Labute approximate surface area is 105 Å². The zero-order chi connectivity index (χ0) is 14.1. The molecule has 0 radical (unpaired) electrons. The summed E-state index contributed by atoms with van der Waals surface area (Å²) in [5.74, 6) is -1.89. The molecular weight excluding hydrogens is 242 g/mol. The van der Waals surface area contributed by atoms with Crippen molar-refractivity contribution in [2.24, 2.45) is 11.5 Å². The molecule has 1 aliphatic heterocycles. The molecule has 0 amide bonds.